The highest BCUT2D eigenvalue weighted by Gasteiger charge is 2.23. The minimum atomic E-state index is -0.218. The normalized spacial score (nSPS) is 17.5. The zero-order valence-electron chi connectivity index (χ0n) is 15.4. The van der Waals surface area contributed by atoms with Crippen LogP contribution in [0, 0.1) is 5.92 Å². The molecule has 6 heteroatoms. The van der Waals surface area contributed by atoms with Crippen molar-refractivity contribution < 1.29 is 9.59 Å². The van der Waals surface area contributed by atoms with Gasteiger partial charge in [0, 0.05) is 44.9 Å². The molecule has 3 rings (SSSR count). The van der Waals surface area contributed by atoms with E-state index in [0.717, 1.165) is 41.5 Å². The summed E-state index contributed by atoms with van der Waals surface area (Å²) in [7, 11) is 3.90. The summed E-state index contributed by atoms with van der Waals surface area (Å²) < 4.78 is 0. The Balaban J connectivity index is 1.70. The van der Waals surface area contributed by atoms with Crippen LogP contribution in [-0.4, -0.2) is 37.4 Å². The summed E-state index contributed by atoms with van der Waals surface area (Å²) in [6, 6.07) is 9.93. The number of para-hydroxylation sites is 1. The molecule has 1 aromatic heterocycles. The molecule has 2 N–H and O–H groups in total. The number of hydrogen-bond acceptors (Lipinski definition) is 4. The van der Waals surface area contributed by atoms with Gasteiger partial charge in [-0.25, -0.2) is 4.98 Å². The maximum atomic E-state index is 12.4. The van der Waals surface area contributed by atoms with Gasteiger partial charge in [-0.2, -0.15) is 0 Å². The van der Waals surface area contributed by atoms with Crippen LogP contribution < -0.4 is 15.5 Å². The number of hydrogen-bond donors (Lipinski definition) is 2. The number of amides is 2. The quantitative estimate of drug-likeness (QED) is 0.863. The van der Waals surface area contributed by atoms with E-state index in [-0.39, 0.29) is 24.2 Å². The van der Waals surface area contributed by atoms with Gasteiger partial charge >= 0.3 is 0 Å². The molecule has 26 heavy (non-hydrogen) atoms. The monoisotopic (exact) mass is 354 g/mol. The number of rotatable bonds is 5. The van der Waals surface area contributed by atoms with Gasteiger partial charge < -0.3 is 15.5 Å². The predicted molar refractivity (Wildman–Crippen MR) is 103 cm³/mol. The average Bonchev–Trinajstić information content (AvgIpc) is 2.84. The van der Waals surface area contributed by atoms with Crippen LogP contribution in [0.3, 0.4) is 0 Å². The van der Waals surface area contributed by atoms with Crippen molar-refractivity contribution in [1.29, 1.82) is 0 Å². The van der Waals surface area contributed by atoms with E-state index in [4.69, 9.17) is 0 Å². The van der Waals surface area contributed by atoms with E-state index in [1.165, 1.54) is 0 Å². The third kappa shape index (κ3) is 4.31. The first kappa shape index (κ1) is 18.2. The Labute approximate surface area is 154 Å². The molecule has 1 fully saturated rings. The van der Waals surface area contributed by atoms with Crippen LogP contribution >= 0.6 is 0 Å². The number of nitrogens with zero attached hydrogens (tertiary/aromatic N) is 2. The van der Waals surface area contributed by atoms with E-state index in [1.54, 1.807) is 0 Å². The van der Waals surface area contributed by atoms with Crippen molar-refractivity contribution in [3.8, 4) is 0 Å². The lowest BCUT2D eigenvalue weighted by atomic mass is 9.98. The Morgan fingerprint density at radius 2 is 2.12 bits per heavy atom. The fraction of sp³-hybridized carbons (Fsp3) is 0.450. The molecule has 2 amide bonds. The highest BCUT2D eigenvalue weighted by atomic mass is 16.2. The molecule has 1 atom stereocenters. The van der Waals surface area contributed by atoms with E-state index in [0.29, 0.717) is 13.1 Å². The molecule has 1 aliphatic heterocycles. The van der Waals surface area contributed by atoms with Crippen LogP contribution in [0.5, 0.6) is 0 Å². The first-order chi connectivity index (χ1) is 12.5. The number of aromatic nitrogens is 1. The van der Waals surface area contributed by atoms with Gasteiger partial charge in [-0.1, -0.05) is 24.6 Å². The summed E-state index contributed by atoms with van der Waals surface area (Å²) in [5.41, 5.74) is 1.93. The molecule has 0 unspecified atom stereocenters. The van der Waals surface area contributed by atoms with Gasteiger partial charge in [0.1, 0.15) is 5.82 Å². The van der Waals surface area contributed by atoms with Crippen molar-refractivity contribution >= 4 is 28.5 Å². The molecule has 2 heterocycles. The van der Waals surface area contributed by atoms with Crippen molar-refractivity contribution in [2.75, 3.05) is 25.5 Å². The summed E-state index contributed by atoms with van der Waals surface area (Å²) in [5.74, 6) is 0.557. The molecule has 138 valence electrons. The van der Waals surface area contributed by atoms with Gasteiger partial charge in [-0.3, -0.25) is 9.59 Å². The van der Waals surface area contributed by atoms with Gasteiger partial charge in [0.05, 0.1) is 5.52 Å². The molecule has 0 bridgehead atoms. The number of pyridine rings is 1. The lowest BCUT2D eigenvalue weighted by Gasteiger charge is -2.16. The molecule has 1 aliphatic rings. The second kappa shape index (κ2) is 8.17. The SMILES string of the molecule is CN(C)c1cc(CNC(=O)C[C@H]2CCCCNC2=O)c2ccccc2n1. The molecule has 1 saturated heterocycles. The van der Waals surface area contributed by atoms with E-state index >= 15 is 0 Å². The summed E-state index contributed by atoms with van der Waals surface area (Å²) in [6.07, 6.45) is 3.00. The van der Waals surface area contributed by atoms with Crippen LogP contribution in [0.15, 0.2) is 30.3 Å². The van der Waals surface area contributed by atoms with Gasteiger partial charge in [-0.15, -0.1) is 0 Å². The standard InChI is InChI=1S/C20H26N4O2/c1-24(2)18-11-15(16-8-3-4-9-17(16)23-18)13-22-19(25)12-14-7-5-6-10-21-20(14)26/h3-4,8-9,11,14H,5-7,10,12-13H2,1-2H3,(H,21,26)(H,22,25)/t14-/m1/s1. The number of carbonyl (C=O) groups excluding carboxylic acids is 2. The van der Waals surface area contributed by atoms with Crippen LogP contribution in [0.2, 0.25) is 0 Å². The van der Waals surface area contributed by atoms with E-state index in [2.05, 4.69) is 15.6 Å². The third-order valence-corrected chi connectivity index (χ3v) is 4.80. The molecule has 1 aromatic carbocycles. The summed E-state index contributed by atoms with van der Waals surface area (Å²) in [4.78, 5) is 31.0. The van der Waals surface area contributed by atoms with Gasteiger partial charge in [-0.05, 0) is 30.5 Å². The smallest absolute Gasteiger partial charge is 0.223 e. The molecule has 0 aliphatic carbocycles. The van der Waals surface area contributed by atoms with Crippen molar-refractivity contribution in [1.82, 2.24) is 15.6 Å². The Morgan fingerprint density at radius 1 is 1.31 bits per heavy atom. The number of anilines is 1. The van der Waals surface area contributed by atoms with Gasteiger partial charge in [0.15, 0.2) is 0 Å². The highest BCUT2D eigenvalue weighted by molar-refractivity contribution is 5.87. The van der Waals surface area contributed by atoms with Crippen molar-refractivity contribution in [3.63, 3.8) is 0 Å². The van der Waals surface area contributed by atoms with Crippen LogP contribution in [0.1, 0.15) is 31.2 Å². The Morgan fingerprint density at radius 3 is 2.92 bits per heavy atom. The summed E-state index contributed by atoms with van der Waals surface area (Å²) in [6.45, 7) is 1.14. The Kier molecular flexibility index (Phi) is 5.71. The fourth-order valence-electron chi connectivity index (χ4n) is 3.29. The van der Waals surface area contributed by atoms with E-state index in [1.807, 2.05) is 49.3 Å². The summed E-state index contributed by atoms with van der Waals surface area (Å²) in [5, 5.41) is 6.90. The van der Waals surface area contributed by atoms with E-state index in [9.17, 15) is 9.59 Å². The molecule has 2 aromatic rings. The first-order valence-corrected chi connectivity index (χ1v) is 9.15. The second-order valence-corrected chi connectivity index (χ2v) is 7.02. The molecule has 0 spiro atoms. The number of benzene rings is 1. The molecular formula is C20H26N4O2. The maximum absolute atomic E-state index is 12.4. The third-order valence-electron chi connectivity index (χ3n) is 4.80. The molecule has 0 saturated carbocycles. The topological polar surface area (TPSA) is 74.3 Å². The van der Waals surface area contributed by atoms with Crippen molar-refractivity contribution in [2.24, 2.45) is 5.92 Å². The zero-order valence-corrected chi connectivity index (χ0v) is 15.4. The predicted octanol–water partition coefficient (Wildman–Crippen LogP) is 2.22. The lowest BCUT2D eigenvalue weighted by Crippen LogP contribution is -2.33. The minimum absolute atomic E-state index is 0.00176. The summed E-state index contributed by atoms with van der Waals surface area (Å²) >= 11 is 0. The zero-order chi connectivity index (χ0) is 18.5. The fourth-order valence-corrected chi connectivity index (χ4v) is 3.29. The van der Waals surface area contributed by atoms with Gasteiger partial charge in [0.2, 0.25) is 11.8 Å². The largest absolute Gasteiger partial charge is 0.363 e. The maximum Gasteiger partial charge on any atom is 0.223 e. The Hall–Kier alpha value is -2.63. The Bertz CT molecular complexity index is 803. The lowest BCUT2D eigenvalue weighted by molar-refractivity contribution is -0.130. The minimum Gasteiger partial charge on any atom is -0.363 e. The highest BCUT2D eigenvalue weighted by Crippen LogP contribution is 2.22. The number of fused-ring (bicyclic) bond motifs is 1. The van der Waals surface area contributed by atoms with Crippen molar-refractivity contribution in [3.05, 3.63) is 35.9 Å². The molecule has 0 radical (unpaired) electrons. The van der Waals surface area contributed by atoms with Gasteiger partial charge in [0.25, 0.3) is 0 Å². The van der Waals surface area contributed by atoms with Crippen LogP contribution in [0.4, 0.5) is 5.82 Å². The molecular weight excluding hydrogens is 328 g/mol. The van der Waals surface area contributed by atoms with Crippen molar-refractivity contribution in [2.45, 2.75) is 32.2 Å². The number of carbonyl (C=O) groups is 2. The van der Waals surface area contributed by atoms with Crippen LogP contribution in [-0.2, 0) is 16.1 Å². The molecule has 6 nitrogen and oxygen atoms in total. The first-order valence-electron chi connectivity index (χ1n) is 9.15. The number of nitrogens with one attached hydrogen (secondary N) is 2. The second-order valence-electron chi connectivity index (χ2n) is 7.02. The average molecular weight is 354 g/mol. The van der Waals surface area contributed by atoms with E-state index < -0.39 is 0 Å². The van der Waals surface area contributed by atoms with Crippen LogP contribution in [0.25, 0.3) is 10.9 Å².